The second-order valence-electron chi connectivity index (χ2n) is 4.59. The molecule has 3 rings (SSSR count). The number of fused-ring (bicyclic) bond motifs is 1. The van der Waals surface area contributed by atoms with Crippen molar-refractivity contribution in [2.45, 2.75) is 0 Å². The molecule has 0 fully saturated rings. The Labute approximate surface area is 118 Å². The van der Waals surface area contributed by atoms with Gasteiger partial charge in [-0.15, -0.1) is 0 Å². The van der Waals surface area contributed by atoms with Gasteiger partial charge in [-0.1, -0.05) is 30.3 Å². The SMILES string of the molecule is COc1ccccc1/C=C/c1nc2ccccc2n1C. The Morgan fingerprint density at radius 3 is 2.55 bits per heavy atom. The van der Waals surface area contributed by atoms with Crippen LogP contribution in [0.25, 0.3) is 23.2 Å². The van der Waals surface area contributed by atoms with Crippen LogP contribution in [0.1, 0.15) is 11.4 Å². The maximum atomic E-state index is 5.34. The van der Waals surface area contributed by atoms with E-state index in [-0.39, 0.29) is 0 Å². The highest BCUT2D eigenvalue weighted by Crippen LogP contribution is 2.21. The number of benzene rings is 2. The predicted octanol–water partition coefficient (Wildman–Crippen LogP) is 3.75. The first-order chi connectivity index (χ1) is 9.79. The molecule has 0 aliphatic heterocycles. The van der Waals surface area contributed by atoms with Crippen LogP contribution >= 0.6 is 0 Å². The molecule has 0 bridgehead atoms. The average molecular weight is 264 g/mol. The Morgan fingerprint density at radius 1 is 1.00 bits per heavy atom. The summed E-state index contributed by atoms with van der Waals surface area (Å²) in [5.41, 5.74) is 3.18. The van der Waals surface area contributed by atoms with Crippen molar-refractivity contribution in [3.8, 4) is 5.75 Å². The van der Waals surface area contributed by atoms with Gasteiger partial charge in [0.15, 0.2) is 0 Å². The summed E-state index contributed by atoms with van der Waals surface area (Å²) in [4.78, 5) is 4.62. The average Bonchev–Trinajstić information content (AvgIpc) is 2.82. The van der Waals surface area contributed by atoms with E-state index in [1.54, 1.807) is 7.11 Å². The third-order valence-electron chi connectivity index (χ3n) is 3.37. The number of aromatic nitrogens is 2. The van der Waals surface area contributed by atoms with E-state index in [0.717, 1.165) is 28.2 Å². The second-order valence-corrected chi connectivity index (χ2v) is 4.59. The van der Waals surface area contributed by atoms with Gasteiger partial charge in [-0.3, -0.25) is 0 Å². The largest absolute Gasteiger partial charge is 0.496 e. The zero-order valence-corrected chi connectivity index (χ0v) is 11.6. The van der Waals surface area contributed by atoms with Crippen molar-refractivity contribution >= 4 is 23.2 Å². The van der Waals surface area contributed by atoms with Gasteiger partial charge in [0.05, 0.1) is 18.1 Å². The molecule has 3 heteroatoms. The van der Waals surface area contributed by atoms with Gasteiger partial charge in [0.1, 0.15) is 11.6 Å². The van der Waals surface area contributed by atoms with E-state index in [4.69, 9.17) is 4.74 Å². The Kier molecular flexibility index (Phi) is 3.25. The van der Waals surface area contributed by atoms with Crippen molar-refractivity contribution in [1.82, 2.24) is 9.55 Å². The van der Waals surface area contributed by atoms with Gasteiger partial charge in [0.25, 0.3) is 0 Å². The molecule has 2 aromatic carbocycles. The first-order valence-corrected chi connectivity index (χ1v) is 6.52. The first kappa shape index (κ1) is 12.5. The number of rotatable bonds is 3. The van der Waals surface area contributed by atoms with Gasteiger partial charge in [0, 0.05) is 12.6 Å². The Balaban J connectivity index is 2.00. The summed E-state index contributed by atoms with van der Waals surface area (Å²) in [7, 11) is 3.71. The molecule has 1 aromatic heterocycles. The Bertz CT molecular complexity index is 772. The number of ether oxygens (including phenoxy) is 1. The van der Waals surface area contributed by atoms with Crippen molar-refractivity contribution in [2.24, 2.45) is 7.05 Å². The number of aryl methyl sites for hydroxylation is 1. The molecule has 0 N–H and O–H groups in total. The van der Waals surface area contributed by atoms with Crippen LogP contribution in [-0.2, 0) is 7.05 Å². The van der Waals surface area contributed by atoms with E-state index in [2.05, 4.69) is 15.6 Å². The molecule has 20 heavy (non-hydrogen) atoms. The lowest BCUT2D eigenvalue weighted by atomic mass is 10.2. The molecule has 0 radical (unpaired) electrons. The standard InChI is InChI=1S/C17H16N2O/c1-19-15-9-5-4-8-14(15)18-17(19)12-11-13-7-3-6-10-16(13)20-2/h3-12H,1-2H3/b12-11+. The van der Waals surface area contributed by atoms with Crippen LogP contribution < -0.4 is 4.74 Å². The van der Waals surface area contributed by atoms with Gasteiger partial charge in [-0.2, -0.15) is 0 Å². The van der Waals surface area contributed by atoms with Gasteiger partial charge >= 0.3 is 0 Å². The van der Waals surface area contributed by atoms with E-state index in [1.807, 2.05) is 61.7 Å². The fourth-order valence-corrected chi connectivity index (χ4v) is 2.28. The monoisotopic (exact) mass is 264 g/mol. The topological polar surface area (TPSA) is 27.1 Å². The molecule has 0 aliphatic rings. The molecule has 0 saturated heterocycles. The number of hydrogen-bond acceptors (Lipinski definition) is 2. The summed E-state index contributed by atoms with van der Waals surface area (Å²) in [6, 6.07) is 16.1. The number of imidazole rings is 1. The van der Waals surface area contributed by atoms with Crippen LogP contribution in [0.2, 0.25) is 0 Å². The van der Waals surface area contributed by atoms with Crippen LogP contribution in [-0.4, -0.2) is 16.7 Å². The van der Waals surface area contributed by atoms with Gasteiger partial charge < -0.3 is 9.30 Å². The van der Waals surface area contributed by atoms with Crippen molar-refractivity contribution in [3.05, 3.63) is 59.9 Å². The molecule has 0 atom stereocenters. The molecule has 0 amide bonds. The third kappa shape index (κ3) is 2.18. The highest BCUT2D eigenvalue weighted by atomic mass is 16.5. The zero-order valence-electron chi connectivity index (χ0n) is 11.6. The molecule has 0 aliphatic carbocycles. The van der Waals surface area contributed by atoms with E-state index < -0.39 is 0 Å². The number of methoxy groups -OCH3 is 1. The molecule has 1 heterocycles. The minimum absolute atomic E-state index is 0.863. The number of hydrogen-bond donors (Lipinski definition) is 0. The molecule has 0 unspecified atom stereocenters. The molecular formula is C17H16N2O. The van der Waals surface area contributed by atoms with Crippen LogP contribution in [0.15, 0.2) is 48.5 Å². The first-order valence-electron chi connectivity index (χ1n) is 6.52. The summed E-state index contributed by atoms with van der Waals surface area (Å²) in [5.74, 6) is 1.79. The van der Waals surface area contributed by atoms with E-state index >= 15 is 0 Å². The normalized spacial score (nSPS) is 11.3. The predicted molar refractivity (Wildman–Crippen MR) is 82.6 cm³/mol. The molecule has 0 spiro atoms. The Hall–Kier alpha value is -2.55. The van der Waals surface area contributed by atoms with Crippen LogP contribution in [0.3, 0.4) is 0 Å². The smallest absolute Gasteiger partial charge is 0.133 e. The summed E-state index contributed by atoms with van der Waals surface area (Å²) in [6.45, 7) is 0. The van der Waals surface area contributed by atoms with Crippen molar-refractivity contribution in [3.63, 3.8) is 0 Å². The number of para-hydroxylation sites is 3. The molecule has 3 nitrogen and oxygen atoms in total. The molecule has 3 aromatic rings. The van der Waals surface area contributed by atoms with Gasteiger partial charge in [-0.05, 0) is 30.4 Å². The van der Waals surface area contributed by atoms with E-state index in [9.17, 15) is 0 Å². The van der Waals surface area contributed by atoms with Crippen molar-refractivity contribution < 1.29 is 4.74 Å². The quantitative estimate of drug-likeness (QED) is 0.720. The van der Waals surface area contributed by atoms with Crippen LogP contribution in [0.4, 0.5) is 0 Å². The maximum Gasteiger partial charge on any atom is 0.133 e. The van der Waals surface area contributed by atoms with Crippen molar-refractivity contribution in [2.75, 3.05) is 7.11 Å². The number of nitrogens with zero attached hydrogens (tertiary/aromatic N) is 2. The van der Waals surface area contributed by atoms with E-state index in [0.29, 0.717) is 0 Å². The summed E-state index contributed by atoms with van der Waals surface area (Å²) in [6.07, 6.45) is 4.04. The van der Waals surface area contributed by atoms with Crippen LogP contribution in [0.5, 0.6) is 5.75 Å². The lowest BCUT2D eigenvalue weighted by Crippen LogP contribution is -1.91. The lowest BCUT2D eigenvalue weighted by molar-refractivity contribution is 0.414. The van der Waals surface area contributed by atoms with Crippen LogP contribution in [0, 0.1) is 0 Å². The summed E-state index contributed by atoms with van der Waals surface area (Å²) >= 11 is 0. The maximum absolute atomic E-state index is 5.34. The molecule has 100 valence electrons. The van der Waals surface area contributed by atoms with Crippen molar-refractivity contribution in [1.29, 1.82) is 0 Å². The minimum Gasteiger partial charge on any atom is -0.496 e. The molecular weight excluding hydrogens is 248 g/mol. The Morgan fingerprint density at radius 2 is 1.75 bits per heavy atom. The fourth-order valence-electron chi connectivity index (χ4n) is 2.28. The highest BCUT2D eigenvalue weighted by molar-refractivity contribution is 5.80. The zero-order chi connectivity index (χ0) is 13.9. The fraction of sp³-hybridized carbons (Fsp3) is 0.118. The summed E-state index contributed by atoms with van der Waals surface area (Å²) < 4.78 is 7.43. The molecule has 0 saturated carbocycles. The highest BCUT2D eigenvalue weighted by Gasteiger charge is 2.04. The summed E-state index contributed by atoms with van der Waals surface area (Å²) in [5, 5.41) is 0. The second kappa shape index (κ2) is 5.21. The van der Waals surface area contributed by atoms with Gasteiger partial charge in [0.2, 0.25) is 0 Å². The minimum atomic E-state index is 0.863. The third-order valence-corrected chi connectivity index (χ3v) is 3.37. The lowest BCUT2D eigenvalue weighted by Gasteiger charge is -2.03. The van der Waals surface area contributed by atoms with Gasteiger partial charge in [-0.25, -0.2) is 4.98 Å². The van der Waals surface area contributed by atoms with E-state index in [1.165, 1.54) is 0 Å².